The Morgan fingerprint density at radius 3 is 2.53 bits per heavy atom. The predicted octanol–water partition coefficient (Wildman–Crippen LogP) is 5.82. The van der Waals surface area contributed by atoms with Gasteiger partial charge in [-0.1, -0.05) is 43.1 Å². The van der Waals surface area contributed by atoms with Gasteiger partial charge in [-0.05, 0) is 60.8 Å². The third-order valence-corrected chi connectivity index (χ3v) is 6.15. The summed E-state index contributed by atoms with van der Waals surface area (Å²) in [5, 5.41) is 7.46. The first kappa shape index (κ1) is 28.2. The van der Waals surface area contributed by atoms with Crippen LogP contribution in [0.2, 0.25) is 10.0 Å². The van der Waals surface area contributed by atoms with E-state index < -0.39 is 17.9 Å². The number of nitrogens with one attached hydrogen (secondary N) is 2. The number of allylic oxidation sites excluding steroid dienone is 3. The normalized spacial score (nSPS) is 17.1. The van der Waals surface area contributed by atoms with Crippen LogP contribution in [0, 0.1) is 11.8 Å². The molecule has 0 bridgehead atoms. The lowest BCUT2D eigenvalue weighted by atomic mass is 9.99. The molecule has 186 valence electrons. The highest BCUT2D eigenvalue weighted by molar-refractivity contribution is 9.11. The summed E-state index contributed by atoms with van der Waals surface area (Å²) in [6.45, 7) is 9.99. The quantitative estimate of drug-likeness (QED) is 0.272. The van der Waals surface area contributed by atoms with Crippen LogP contribution in [0.4, 0.5) is 0 Å². The van der Waals surface area contributed by atoms with Crippen molar-refractivity contribution in [2.45, 2.75) is 53.2 Å². The van der Waals surface area contributed by atoms with Crippen LogP contribution in [0.1, 0.15) is 51.4 Å². The van der Waals surface area contributed by atoms with Gasteiger partial charge in [0.05, 0.1) is 27.2 Å². The first-order valence-corrected chi connectivity index (χ1v) is 12.6. The van der Waals surface area contributed by atoms with Gasteiger partial charge in [-0.25, -0.2) is 5.43 Å². The molecule has 0 aliphatic heterocycles. The summed E-state index contributed by atoms with van der Waals surface area (Å²) in [6.07, 6.45) is 4.12. The summed E-state index contributed by atoms with van der Waals surface area (Å²) < 4.78 is 12.4. The Hall–Kier alpha value is -2.03. The minimum Gasteiger partial charge on any atom is -0.494 e. The molecule has 2 atom stereocenters. The highest BCUT2D eigenvalue weighted by atomic mass is 79.9. The predicted molar refractivity (Wildman–Crippen MR) is 139 cm³/mol. The summed E-state index contributed by atoms with van der Waals surface area (Å²) in [4.78, 5) is 25.4. The number of rotatable bonds is 10. The maximum absolute atomic E-state index is 12.8. The second-order valence-electron chi connectivity index (χ2n) is 8.31. The third kappa shape index (κ3) is 8.03. The molecule has 0 heterocycles. The fourth-order valence-electron chi connectivity index (χ4n) is 3.18. The van der Waals surface area contributed by atoms with Gasteiger partial charge in [-0.3, -0.25) is 9.59 Å². The van der Waals surface area contributed by atoms with Gasteiger partial charge in [-0.15, -0.1) is 0 Å². The van der Waals surface area contributed by atoms with Gasteiger partial charge in [0.1, 0.15) is 11.8 Å². The molecule has 1 aliphatic carbocycles. The summed E-state index contributed by atoms with van der Waals surface area (Å²) >= 11 is 15.4. The van der Waals surface area contributed by atoms with E-state index in [0.717, 1.165) is 10.2 Å². The lowest BCUT2D eigenvalue weighted by Gasteiger charge is -2.24. The van der Waals surface area contributed by atoms with E-state index in [9.17, 15) is 9.59 Å². The standard InChI is InChI=1S/C24H30BrCl2N3O4/c1-6-33-20-10-15(9-17(25)22(20)34-14(4)5)12-28-30-24(32)21(13(2)3)29-23(31)16-7-8-18(26)19(27)11-16/h7-9,11-15,21H,6,10H2,1-5H3,(H,29,31)(H,30,32)/b28-12+. The van der Waals surface area contributed by atoms with E-state index in [0.29, 0.717) is 29.4 Å². The molecule has 2 amide bonds. The molecule has 0 spiro atoms. The number of hydrazone groups is 1. The average molecular weight is 575 g/mol. The lowest BCUT2D eigenvalue weighted by molar-refractivity contribution is -0.123. The summed E-state index contributed by atoms with van der Waals surface area (Å²) in [7, 11) is 0. The fourth-order valence-corrected chi connectivity index (χ4v) is 4.13. The zero-order valence-electron chi connectivity index (χ0n) is 19.8. The van der Waals surface area contributed by atoms with E-state index in [1.54, 1.807) is 12.3 Å². The molecule has 0 fully saturated rings. The van der Waals surface area contributed by atoms with Crippen molar-refractivity contribution in [3.05, 3.63) is 55.9 Å². The number of ether oxygens (including phenoxy) is 2. The van der Waals surface area contributed by atoms with E-state index in [2.05, 4.69) is 31.8 Å². The molecule has 2 unspecified atom stereocenters. The molecule has 2 N–H and O–H groups in total. The Balaban J connectivity index is 2.04. The molecule has 2 rings (SSSR count). The second-order valence-corrected chi connectivity index (χ2v) is 9.98. The zero-order valence-corrected chi connectivity index (χ0v) is 22.9. The Bertz CT molecular complexity index is 992. The van der Waals surface area contributed by atoms with E-state index in [1.807, 2.05) is 40.7 Å². The average Bonchev–Trinajstić information content (AvgIpc) is 2.75. The van der Waals surface area contributed by atoms with Crippen LogP contribution in [-0.2, 0) is 14.3 Å². The van der Waals surface area contributed by atoms with Gasteiger partial charge in [0.25, 0.3) is 11.8 Å². The Morgan fingerprint density at radius 1 is 1.24 bits per heavy atom. The van der Waals surface area contributed by atoms with Crippen LogP contribution >= 0.6 is 39.1 Å². The van der Waals surface area contributed by atoms with Crippen molar-refractivity contribution < 1.29 is 19.1 Å². The molecule has 1 aromatic carbocycles. The molecule has 10 heteroatoms. The topological polar surface area (TPSA) is 89.0 Å². The molecule has 0 aromatic heterocycles. The number of benzene rings is 1. The molecular weight excluding hydrogens is 545 g/mol. The number of hydrogen-bond donors (Lipinski definition) is 2. The van der Waals surface area contributed by atoms with Crippen LogP contribution in [0.5, 0.6) is 0 Å². The Labute approximate surface area is 219 Å². The van der Waals surface area contributed by atoms with Crippen LogP contribution in [0.15, 0.2) is 45.4 Å². The maximum atomic E-state index is 12.8. The summed E-state index contributed by atoms with van der Waals surface area (Å²) in [5.74, 6) is 0.258. The van der Waals surface area contributed by atoms with Crippen molar-refractivity contribution in [2.24, 2.45) is 16.9 Å². The molecule has 1 aliphatic rings. The van der Waals surface area contributed by atoms with Crippen molar-refractivity contribution >= 4 is 57.2 Å². The Morgan fingerprint density at radius 2 is 1.94 bits per heavy atom. The number of carbonyl (C=O) groups is 2. The van der Waals surface area contributed by atoms with Crippen molar-refractivity contribution in [2.75, 3.05) is 6.61 Å². The molecule has 0 saturated heterocycles. The minimum absolute atomic E-state index is 0.00277. The maximum Gasteiger partial charge on any atom is 0.262 e. The summed E-state index contributed by atoms with van der Waals surface area (Å²) in [6, 6.07) is 3.75. The van der Waals surface area contributed by atoms with Crippen LogP contribution in [-0.4, -0.2) is 36.8 Å². The number of hydrogen-bond acceptors (Lipinski definition) is 5. The van der Waals surface area contributed by atoms with Crippen LogP contribution < -0.4 is 10.7 Å². The first-order valence-electron chi connectivity index (χ1n) is 11.0. The van der Waals surface area contributed by atoms with Crippen molar-refractivity contribution in [3.63, 3.8) is 0 Å². The monoisotopic (exact) mass is 573 g/mol. The highest BCUT2D eigenvalue weighted by Gasteiger charge is 2.26. The van der Waals surface area contributed by atoms with Gasteiger partial charge >= 0.3 is 0 Å². The molecule has 0 radical (unpaired) electrons. The largest absolute Gasteiger partial charge is 0.494 e. The minimum atomic E-state index is -0.794. The smallest absolute Gasteiger partial charge is 0.262 e. The molecule has 1 aromatic rings. The first-order chi connectivity index (χ1) is 16.0. The second kappa shape index (κ2) is 13.2. The van der Waals surface area contributed by atoms with E-state index in [4.69, 9.17) is 32.7 Å². The fraction of sp³-hybridized carbons (Fsp3) is 0.458. The van der Waals surface area contributed by atoms with E-state index >= 15 is 0 Å². The van der Waals surface area contributed by atoms with Crippen LogP contribution in [0.3, 0.4) is 0 Å². The van der Waals surface area contributed by atoms with Gasteiger partial charge < -0.3 is 14.8 Å². The highest BCUT2D eigenvalue weighted by Crippen LogP contribution is 2.34. The van der Waals surface area contributed by atoms with Crippen LogP contribution in [0.25, 0.3) is 0 Å². The van der Waals surface area contributed by atoms with Gasteiger partial charge in [0.2, 0.25) is 0 Å². The van der Waals surface area contributed by atoms with E-state index in [1.165, 1.54) is 12.1 Å². The van der Waals surface area contributed by atoms with Crippen molar-refractivity contribution in [3.8, 4) is 0 Å². The lowest BCUT2D eigenvalue weighted by Crippen LogP contribution is -2.48. The van der Waals surface area contributed by atoms with Crippen molar-refractivity contribution in [1.82, 2.24) is 10.7 Å². The number of carbonyl (C=O) groups excluding carboxylic acids is 2. The number of amides is 2. The van der Waals surface area contributed by atoms with Crippen molar-refractivity contribution in [1.29, 1.82) is 0 Å². The molecule has 7 nitrogen and oxygen atoms in total. The molecular formula is C24H30BrCl2N3O4. The summed E-state index contributed by atoms with van der Waals surface area (Å²) in [5.41, 5.74) is 2.84. The molecule has 0 saturated carbocycles. The zero-order chi connectivity index (χ0) is 25.4. The van der Waals surface area contributed by atoms with E-state index in [-0.39, 0.29) is 23.0 Å². The van der Waals surface area contributed by atoms with Gasteiger partial charge in [-0.2, -0.15) is 5.10 Å². The third-order valence-electron chi connectivity index (χ3n) is 4.78. The number of halogens is 3. The SMILES string of the molecule is CCOC1=C(OC(C)C)C(Br)=CC(/C=N/NC(=O)C(NC(=O)c2ccc(Cl)c(Cl)c2)C(C)C)C1. The Kier molecular flexibility index (Phi) is 10.9. The van der Waals surface area contributed by atoms with Gasteiger partial charge in [0.15, 0.2) is 5.76 Å². The number of nitrogens with zero attached hydrogens (tertiary/aromatic N) is 1. The molecule has 34 heavy (non-hydrogen) atoms. The van der Waals surface area contributed by atoms with Gasteiger partial charge in [0, 0.05) is 24.1 Å².